The Balaban J connectivity index is 2.62. The molecule has 0 bridgehead atoms. The number of hydrogen-bond acceptors (Lipinski definition) is 6. The molecule has 7 nitrogen and oxygen atoms in total. The Labute approximate surface area is 132 Å². The van der Waals surface area contributed by atoms with Crippen LogP contribution in [0.5, 0.6) is 0 Å². The van der Waals surface area contributed by atoms with Crippen molar-refractivity contribution >= 4 is 34.9 Å². The van der Waals surface area contributed by atoms with Crippen molar-refractivity contribution in [3.8, 4) is 6.07 Å². The minimum Gasteiger partial charge on any atom is -0.469 e. The van der Waals surface area contributed by atoms with E-state index < -0.39 is 5.91 Å². The highest BCUT2D eigenvalue weighted by molar-refractivity contribution is 6.33. The second kappa shape index (κ2) is 8.54. The minimum atomic E-state index is -0.603. The van der Waals surface area contributed by atoms with E-state index in [1.807, 2.05) is 0 Å². The summed E-state index contributed by atoms with van der Waals surface area (Å²) in [5, 5.41) is 14.5. The Morgan fingerprint density at radius 2 is 2.23 bits per heavy atom. The molecule has 1 aromatic rings. The molecule has 0 radical (unpaired) electrons. The fraction of sp³-hybridized carbons (Fsp3) is 0.214. The summed E-state index contributed by atoms with van der Waals surface area (Å²) in [7, 11) is 1.28. The lowest BCUT2D eigenvalue weighted by molar-refractivity contribution is -0.140. The first kappa shape index (κ1) is 17.3. The Morgan fingerprint density at radius 1 is 1.50 bits per heavy atom. The number of benzene rings is 1. The number of rotatable bonds is 6. The lowest BCUT2D eigenvalue weighted by Gasteiger charge is -2.06. The molecule has 0 aliphatic carbocycles. The maximum atomic E-state index is 11.9. The van der Waals surface area contributed by atoms with E-state index >= 15 is 0 Å². The van der Waals surface area contributed by atoms with Gasteiger partial charge < -0.3 is 21.1 Å². The second-order valence-electron chi connectivity index (χ2n) is 4.14. The molecule has 0 aromatic heterocycles. The maximum absolute atomic E-state index is 11.9. The smallest absolute Gasteiger partial charge is 0.307 e. The monoisotopic (exact) mass is 322 g/mol. The predicted octanol–water partition coefficient (Wildman–Crippen LogP) is 1.42. The van der Waals surface area contributed by atoms with Crippen molar-refractivity contribution in [3.63, 3.8) is 0 Å². The molecule has 0 saturated carbocycles. The van der Waals surface area contributed by atoms with E-state index in [4.69, 9.17) is 22.6 Å². The zero-order valence-corrected chi connectivity index (χ0v) is 12.6. The largest absolute Gasteiger partial charge is 0.469 e. The third-order valence-electron chi connectivity index (χ3n) is 2.57. The van der Waals surface area contributed by atoms with Gasteiger partial charge in [-0.25, -0.2) is 0 Å². The molecule has 0 heterocycles. The zero-order valence-electron chi connectivity index (χ0n) is 11.9. The quantitative estimate of drug-likeness (QED) is 0.240. The number of hydrogen-bond donors (Lipinski definition) is 3. The molecule has 0 fully saturated rings. The summed E-state index contributed by atoms with van der Waals surface area (Å²) < 4.78 is 4.46. The number of halogens is 1. The first-order valence-electron chi connectivity index (χ1n) is 6.24. The predicted molar refractivity (Wildman–Crippen MR) is 82.8 cm³/mol. The number of nitriles is 1. The van der Waals surface area contributed by atoms with E-state index in [2.05, 4.69) is 15.4 Å². The van der Waals surface area contributed by atoms with Crippen molar-refractivity contribution in [3.05, 3.63) is 35.0 Å². The lowest BCUT2D eigenvalue weighted by Crippen LogP contribution is -2.18. The Kier molecular flexibility index (Phi) is 6.73. The van der Waals surface area contributed by atoms with Crippen LogP contribution >= 0.6 is 11.6 Å². The Morgan fingerprint density at radius 3 is 2.82 bits per heavy atom. The number of amides is 1. The number of nitrogens with zero attached hydrogens (tertiary/aromatic N) is 1. The van der Waals surface area contributed by atoms with E-state index in [0.29, 0.717) is 16.4 Å². The molecular weight excluding hydrogens is 308 g/mol. The van der Waals surface area contributed by atoms with Crippen LogP contribution in [0.4, 0.5) is 11.4 Å². The number of carbonyl (C=O) groups excluding carboxylic acids is 2. The molecule has 0 unspecified atom stereocenters. The highest BCUT2D eigenvalue weighted by Crippen LogP contribution is 2.22. The lowest BCUT2D eigenvalue weighted by atomic mass is 10.2. The fourth-order valence-corrected chi connectivity index (χ4v) is 1.58. The van der Waals surface area contributed by atoms with Gasteiger partial charge in [0.2, 0.25) is 0 Å². The van der Waals surface area contributed by atoms with E-state index in [0.717, 1.165) is 0 Å². The van der Waals surface area contributed by atoms with Gasteiger partial charge in [-0.2, -0.15) is 5.26 Å². The number of ether oxygens (including phenoxy) is 1. The number of methoxy groups -OCH3 is 1. The summed E-state index contributed by atoms with van der Waals surface area (Å²) in [4.78, 5) is 22.8. The van der Waals surface area contributed by atoms with Gasteiger partial charge in [-0.3, -0.25) is 9.59 Å². The molecule has 0 saturated heterocycles. The number of nitrogen functional groups attached to an aromatic ring is 1. The number of nitrogens with one attached hydrogen (secondary N) is 2. The third kappa shape index (κ3) is 5.34. The summed E-state index contributed by atoms with van der Waals surface area (Å²) >= 11 is 5.84. The van der Waals surface area contributed by atoms with Crippen molar-refractivity contribution in [1.82, 2.24) is 5.32 Å². The van der Waals surface area contributed by atoms with Crippen molar-refractivity contribution in [1.29, 1.82) is 5.26 Å². The van der Waals surface area contributed by atoms with Crippen LogP contribution in [0, 0.1) is 11.3 Å². The molecule has 4 N–H and O–H groups in total. The van der Waals surface area contributed by atoms with Gasteiger partial charge in [0, 0.05) is 18.4 Å². The van der Waals surface area contributed by atoms with E-state index in [-0.39, 0.29) is 24.5 Å². The van der Waals surface area contributed by atoms with Crippen LogP contribution in [0.15, 0.2) is 30.0 Å². The number of esters is 1. The van der Waals surface area contributed by atoms with E-state index in [1.54, 1.807) is 18.2 Å². The molecular formula is C14H15ClN4O3. The zero-order chi connectivity index (χ0) is 16.5. The van der Waals surface area contributed by atoms with Gasteiger partial charge in [-0.15, -0.1) is 0 Å². The number of anilines is 2. The Hall–Kier alpha value is -2.72. The summed E-state index contributed by atoms with van der Waals surface area (Å²) in [5.41, 5.74) is 6.23. The molecule has 1 rings (SSSR count). The van der Waals surface area contributed by atoms with Crippen LogP contribution < -0.4 is 16.4 Å². The molecule has 1 amide bonds. The molecule has 116 valence electrons. The molecule has 1 aromatic carbocycles. The fourth-order valence-electron chi connectivity index (χ4n) is 1.40. The van der Waals surface area contributed by atoms with Crippen LogP contribution in [0.2, 0.25) is 5.02 Å². The van der Waals surface area contributed by atoms with E-state index in [1.165, 1.54) is 19.4 Å². The van der Waals surface area contributed by atoms with Gasteiger partial charge in [-0.05, 0) is 18.2 Å². The first-order valence-corrected chi connectivity index (χ1v) is 6.62. The number of carbonyl (C=O) groups is 2. The van der Waals surface area contributed by atoms with E-state index in [9.17, 15) is 9.59 Å². The topological polar surface area (TPSA) is 117 Å². The summed E-state index contributed by atoms with van der Waals surface area (Å²) in [6, 6.07) is 6.36. The molecule has 0 spiro atoms. The average Bonchev–Trinajstić information content (AvgIpc) is 2.50. The van der Waals surface area contributed by atoms with Crippen LogP contribution in [-0.2, 0) is 14.3 Å². The standard InChI is InChI=1S/C14H15ClN4O3/c1-22-13(20)4-5-18-8-9(7-16)14(21)19-10-2-3-12(17)11(15)6-10/h2-3,6,8,18H,4-5,17H2,1H3,(H,19,21)/b9-8-. The minimum absolute atomic E-state index is 0.126. The van der Waals surface area contributed by atoms with Crippen molar-refractivity contribution in [2.24, 2.45) is 0 Å². The van der Waals surface area contributed by atoms with Gasteiger partial charge in [0.25, 0.3) is 5.91 Å². The van der Waals surface area contributed by atoms with Gasteiger partial charge in [0.05, 0.1) is 24.2 Å². The van der Waals surface area contributed by atoms with Crippen molar-refractivity contribution < 1.29 is 14.3 Å². The maximum Gasteiger partial charge on any atom is 0.307 e. The second-order valence-corrected chi connectivity index (χ2v) is 4.55. The van der Waals surface area contributed by atoms with Gasteiger partial charge in [-0.1, -0.05) is 11.6 Å². The van der Waals surface area contributed by atoms with Crippen LogP contribution in [0.25, 0.3) is 0 Å². The highest BCUT2D eigenvalue weighted by Gasteiger charge is 2.10. The summed E-state index contributed by atoms with van der Waals surface area (Å²) in [6.07, 6.45) is 1.36. The summed E-state index contributed by atoms with van der Waals surface area (Å²) in [6.45, 7) is 0.249. The Bertz CT molecular complexity index is 637. The molecule has 22 heavy (non-hydrogen) atoms. The van der Waals surface area contributed by atoms with Crippen LogP contribution in [0.3, 0.4) is 0 Å². The SMILES string of the molecule is COC(=O)CCN/C=C(/C#N)C(=O)Nc1ccc(N)c(Cl)c1. The molecule has 8 heteroatoms. The van der Waals surface area contributed by atoms with Crippen molar-refractivity contribution in [2.75, 3.05) is 24.7 Å². The van der Waals surface area contributed by atoms with Crippen LogP contribution in [-0.4, -0.2) is 25.5 Å². The summed E-state index contributed by atoms with van der Waals surface area (Å²) in [5.74, 6) is -0.991. The van der Waals surface area contributed by atoms with Gasteiger partial charge in [0.15, 0.2) is 0 Å². The molecule has 0 aliphatic heterocycles. The highest BCUT2D eigenvalue weighted by atomic mass is 35.5. The molecule has 0 atom stereocenters. The normalized spacial score (nSPS) is 10.5. The van der Waals surface area contributed by atoms with Crippen LogP contribution in [0.1, 0.15) is 6.42 Å². The average molecular weight is 323 g/mol. The first-order chi connectivity index (χ1) is 10.5. The van der Waals surface area contributed by atoms with Gasteiger partial charge >= 0.3 is 5.97 Å². The molecule has 0 aliphatic rings. The third-order valence-corrected chi connectivity index (χ3v) is 2.90. The number of nitrogens with two attached hydrogens (primary N) is 1. The van der Waals surface area contributed by atoms with Gasteiger partial charge in [0.1, 0.15) is 11.6 Å². The van der Waals surface area contributed by atoms with Crippen molar-refractivity contribution in [2.45, 2.75) is 6.42 Å².